The molecule has 0 aromatic rings. The molecule has 5 aliphatic heterocycles. The van der Waals surface area contributed by atoms with Gasteiger partial charge >= 0.3 is 0 Å². The molecular formula is C32H57CuIN8Ni. The molecule has 1 radical (unpaired) electrons. The summed E-state index contributed by atoms with van der Waals surface area (Å²) in [5.41, 5.74) is 0. The Kier molecular flexibility index (Phi) is 11.6. The summed E-state index contributed by atoms with van der Waals surface area (Å²) in [5.74, 6) is 5.97. The summed E-state index contributed by atoms with van der Waals surface area (Å²) in [6, 6.07) is 0. The molecule has 0 aromatic heterocycles. The summed E-state index contributed by atoms with van der Waals surface area (Å²) < 4.78 is 0. The maximum absolute atomic E-state index is 4.26. The number of hydrogen-bond acceptors (Lipinski definition) is 8. The summed E-state index contributed by atoms with van der Waals surface area (Å²) in [4.78, 5) is 0. The van der Waals surface area contributed by atoms with E-state index in [0.717, 1.165) is 47.3 Å². The van der Waals surface area contributed by atoms with Gasteiger partial charge in [0, 0.05) is 33.6 Å². The smallest absolute Gasteiger partial charge is 0.0628 e. The van der Waals surface area contributed by atoms with Crippen molar-refractivity contribution >= 4 is 24.0 Å². The Morgan fingerprint density at radius 3 is 0.488 bits per heavy atom. The molecule has 8 bridgehead atoms. The summed E-state index contributed by atoms with van der Waals surface area (Å²) in [6.07, 6.45) is 25.6. The molecule has 0 spiro atoms. The zero-order valence-corrected chi connectivity index (χ0v) is 29.8. The number of halogens is 1. The zero-order valence-electron chi connectivity index (χ0n) is 25.6. The van der Waals surface area contributed by atoms with Gasteiger partial charge < -0.3 is 0 Å². The van der Waals surface area contributed by atoms with Gasteiger partial charge in [0.2, 0.25) is 0 Å². The number of nitrogens with one attached hydrogen (secondary N) is 8. The van der Waals surface area contributed by atoms with Crippen LogP contribution in [0, 0.1) is 47.3 Å². The van der Waals surface area contributed by atoms with Gasteiger partial charge in [-0.25, -0.2) is 0 Å². The molecule has 8 N–H and O–H groups in total. The van der Waals surface area contributed by atoms with Crippen LogP contribution < -0.4 is 42.5 Å². The quantitative estimate of drug-likeness (QED) is 0.140. The first-order valence-corrected chi connectivity index (χ1v) is 17.9. The van der Waals surface area contributed by atoms with Crippen molar-refractivity contribution in [1.29, 1.82) is 0 Å². The second-order valence-electron chi connectivity index (χ2n) is 15.6. The van der Waals surface area contributed by atoms with Crippen LogP contribution in [0.25, 0.3) is 0 Å². The van der Waals surface area contributed by atoms with Crippen LogP contribution in [0.3, 0.4) is 0 Å². The summed E-state index contributed by atoms with van der Waals surface area (Å²) >= 11 is 0. The van der Waals surface area contributed by atoms with Gasteiger partial charge in [0.05, 0.1) is 49.3 Å². The van der Waals surface area contributed by atoms with Crippen molar-refractivity contribution in [3.63, 3.8) is 0 Å². The van der Waals surface area contributed by atoms with Crippen LogP contribution in [0.15, 0.2) is 0 Å². The molecule has 4 aliphatic carbocycles. The first-order chi connectivity index (χ1) is 19.8. The minimum absolute atomic E-state index is 0. The maximum Gasteiger partial charge on any atom is 0.0628 e. The number of fused-ring (bicyclic) bond motifs is 20. The van der Waals surface area contributed by atoms with E-state index >= 15 is 0 Å². The van der Waals surface area contributed by atoms with Crippen LogP contribution in [0.4, 0.5) is 0 Å². The average Bonchev–Trinajstić information content (AvgIpc) is 3.73. The van der Waals surface area contributed by atoms with E-state index in [9.17, 15) is 0 Å². The molecule has 11 heteroatoms. The van der Waals surface area contributed by atoms with Crippen LogP contribution >= 0.6 is 24.0 Å². The predicted octanol–water partition coefficient (Wildman–Crippen LogP) is 3.22. The first kappa shape index (κ1) is 34.3. The fourth-order valence-electron chi connectivity index (χ4n) is 12.0. The molecule has 0 aromatic carbocycles. The molecular weight excluding hydrogens is 746 g/mol. The van der Waals surface area contributed by atoms with Crippen molar-refractivity contribution in [2.45, 2.75) is 152 Å². The molecule has 8 nitrogen and oxygen atoms in total. The van der Waals surface area contributed by atoms with E-state index in [1.165, 1.54) is 103 Å². The topological polar surface area (TPSA) is 96.2 Å². The molecule has 5 heterocycles. The molecule has 5 saturated heterocycles. The Morgan fingerprint density at radius 1 is 0.256 bits per heavy atom. The second kappa shape index (κ2) is 14.5. The predicted molar refractivity (Wildman–Crippen MR) is 173 cm³/mol. The maximum atomic E-state index is 4.26. The molecule has 43 heavy (non-hydrogen) atoms. The zero-order chi connectivity index (χ0) is 26.2. The molecule has 0 amide bonds. The molecule has 9 rings (SSSR count). The van der Waals surface area contributed by atoms with Crippen molar-refractivity contribution in [2.75, 3.05) is 0 Å². The second-order valence-corrected chi connectivity index (χ2v) is 15.6. The third-order valence-electron chi connectivity index (χ3n) is 13.8. The van der Waals surface area contributed by atoms with Crippen molar-refractivity contribution in [3.8, 4) is 0 Å². The van der Waals surface area contributed by atoms with Crippen molar-refractivity contribution in [3.05, 3.63) is 0 Å². The normalized spacial score (nSPS) is 53.6. The molecule has 253 valence electrons. The molecule has 8 unspecified atom stereocenters. The van der Waals surface area contributed by atoms with Crippen LogP contribution in [0.1, 0.15) is 103 Å². The molecule has 9 fully saturated rings. The van der Waals surface area contributed by atoms with Crippen LogP contribution in [-0.4, -0.2) is 49.3 Å². The standard InChI is InChI=1S/C32H56N8.Cu.HI.Ni/c1-2-10-18-17(9-1)25-33-26(18)38-28-21-13-5-6-14-22(21)30(35-28)40-32-24-16-8-7-15-23(24)31(36-32)39-29-20-12-4-3-11-19(20)27(34-29)37-25;;;/h17-40H,1-16H2;;1H;. The Labute approximate surface area is 297 Å². The van der Waals surface area contributed by atoms with Crippen molar-refractivity contribution in [2.24, 2.45) is 47.3 Å². The Hall–Kier alpha value is 1.42. The third kappa shape index (κ3) is 6.22. The van der Waals surface area contributed by atoms with E-state index in [1.807, 2.05) is 0 Å². The third-order valence-corrected chi connectivity index (χ3v) is 13.8. The number of rotatable bonds is 0. The van der Waals surface area contributed by atoms with Crippen molar-refractivity contribution in [1.82, 2.24) is 42.5 Å². The summed E-state index contributed by atoms with van der Waals surface area (Å²) in [5, 5.41) is 33.8. The van der Waals surface area contributed by atoms with E-state index < -0.39 is 0 Å². The largest absolute Gasteiger partial charge is 0.286 e. The van der Waals surface area contributed by atoms with Crippen LogP contribution in [-0.2, 0) is 33.6 Å². The van der Waals surface area contributed by atoms with Gasteiger partial charge in [-0.15, -0.1) is 24.0 Å². The van der Waals surface area contributed by atoms with E-state index in [0.29, 0.717) is 49.3 Å². The molecule has 8 atom stereocenters. The number of hydrogen-bond donors (Lipinski definition) is 8. The minimum atomic E-state index is 0. The fraction of sp³-hybridized carbons (Fsp3) is 1.00. The molecule has 4 saturated carbocycles. The monoisotopic (exact) mass is 801 g/mol. The van der Waals surface area contributed by atoms with Gasteiger partial charge in [-0.3, -0.25) is 42.5 Å². The Bertz CT molecular complexity index is 730. The Morgan fingerprint density at radius 2 is 0.372 bits per heavy atom. The van der Waals surface area contributed by atoms with Crippen LogP contribution in [0.5, 0.6) is 0 Å². The fourth-order valence-corrected chi connectivity index (χ4v) is 12.0. The average molecular weight is 803 g/mol. The van der Waals surface area contributed by atoms with Gasteiger partial charge in [0.1, 0.15) is 0 Å². The van der Waals surface area contributed by atoms with Crippen LogP contribution in [0.2, 0.25) is 0 Å². The molecule has 9 aliphatic rings. The van der Waals surface area contributed by atoms with Gasteiger partial charge in [0.25, 0.3) is 0 Å². The SMILES string of the molecule is C1CCC2C3NC(NC4NC(NC5NC(NC6NC(N3)C3CCCCC63)C3CCCCC53)C3CCCCC43)C2C1.I.[Cu].[Ni]. The van der Waals surface area contributed by atoms with E-state index in [-0.39, 0.29) is 57.5 Å². The van der Waals surface area contributed by atoms with Gasteiger partial charge in [-0.05, 0) is 98.7 Å². The van der Waals surface area contributed by atoms with Gasteiger partial charge in [0.15, 0.2) is 0 Å². The minimum Gasteiger partial charge on any atom is -0.286 e. The van der Waals surface area contributed by atoms with Gasteiger partial charge in [-0.1, -0.05) is 51.4 Å². The van der Waals surface area contributed by atoms with Crippen molar-refractivity contribution < 1.29 is 33.6 Å². The van der Waals surface area contributed by atoms with E-state index in [4.69, 9.17) is 0 Å². The van der Waals surface area contributed by atoms with E-state index in [1.54, 1.807) is 0 Å². The Balaban J connectivity index is 0.00000110. The first-order valence-electron chi connectivity index (χ1n) is 17.9. The summed E-state index contributed by atoms with van der Waals surface area (Å²) in [7, 11) is 0. The summed E-state index contributed by atoms with van der Waals surface area (Å²) in [6.45, 7) is 0. The van der Waals surface area contributed by atoms with E-state index in [2.05, 4.69) is 42.5 Å². The van der Waals surface area contributed by atoms with Gasteiger partial charge in [-0.2, -0.15) is 0 Å².